The number of rotatable bonds is 4. The molecule has 0 amide bonds. The van der Waals surface area contributed by atoms with Crippen LogP contribution in [0.2, 0.25) is 0 Å². The molecule has 0 bridgehead atoms. The maximum absolute atomic E-state index is 5.71. The van der Waals surface area contributed by atoms with Crippen molar-refractivity contribution < 1.29 is 9.47 Å². The third kappa shape index (κ3) is 3.16. The number of ether oxygens (including phenoxy) is 2. The second-order valence-electron chi connectivity index (χ2n) is 5.23. The van der Waals surface area contributed by atoms with E-state index in [0.29, 0.717) is 6.04 Å². The van der Waals surface area contributed by atoms with Crippen molar-refractivity contribution in [3.8, 4) is 0 Å². The average Bonchev–Trinajstić information content (AvgIpc) is 3.10. The quantitative estimate of drug-likeness (QED) is 0.849. The van der Waals surface area contributed by atoms with Crippen molar-refractivity contribution in [3.05, 3.63) is 16.1 Å². The Labute approximate surface area is 118 Å². The van der Waals surface area contributed by atoms with E-state index in [-0.39, 0.29) is 6.29 Å². The van der Waals surface area contributed by atoms with Gasteiger partial charge in [-0.2, -0.15) is 0 Å². The van der Waals surface area contributed by atoms with Crippen LogP contribution in [0.1, 0.15) is 36.9 Å². The summed E-state index contributed by atoms with van der Waals surface area (Å²) in [5.74, 6) is 0. The molecule has 19 heavy (non-hydrogen) atoms. The minimum absolute atomic E-state index is 0.0235. The predicted octanol–water partition coefficient (Wildman–Crippen LogP) is 2.43. The Kier molecular flexibility index (Phi) is 4.48. The molecule has 0 spiro atoms. The molecule has 2 aliphatic heterocycles. The monoisotopic (exact) mass is 282 g/mol. The van der Waals surface area contributed by atoms with Gasteiger partial charge in [-0.25, -0.2) is 4.98 Å². The Morgan fingerprint density at radius 2 is 2.21 bits per heavy atom. The molecule has 2 saturated heterocycles. The maximum atomic E-state index is 5.71. The molecule has 0 radical (unpaired) electrons. The summed E-state index contributed by atoms with van der Waals surface area (Å²) >= 11 is 1.77. The standard InChI is InChI=1S/C14H22N2O2S/c1-2-13-15-11(10-19-13)9-16-6-4-3-5-12(16)14-17-7-8-18-14/h10,12,14H,2-9H2,1H3. The van der Waals surface area contributed by atoms with Crippen LogP contribution in [-0.2, 0) is 22.4 Å². The van der Waals surface area contributed by atoms with Gasteiger partial charge in [-0.15, -0.1) is 11.3 Å². The van der Waals surface area contributed by atoms with Gasteiger partial charge < -0.3 is 9.47 Å². The number of aryl methyl sites for hydroxylation is 1. The summed E-state index contributed by atoms with van der Waals surface area (Å²) in [6.07, 6.45) is 4.73. The van der Waals surface area contributed by atoms with E-state index in [0.717, 1.165) is 32.7 Å². The fourth-order valence-electron chi connectivity index (χ4n) is 2.91. The van der Waals surface area contributed by atoms with E-state index in [4.69, 9.17) is 9.47 Å². The lowest BCUT2D eigenvalue weighted by Crippen LogP contribution is -2.46. The van der Waals surface area contributed by atoms with Gasteiger partial charge in [0.1, 0.15) is 0 Å². The normalized spacial score (nSPS) is 26.1. The lowest BCUT2D eigenvalue weighted by Gasteiger charge is -2.37. The molecule has 1 aromatic heterocycles. The molecular formula is C14H22N2O2S. The second kappa shape index (κ2) is 6.31. The number of piperidine rings is 1. The van der Waals surface area contributed by atoms with Crippen LogP contribution in [0.15, 0.2) is 5.38 Å². The van der Waals surface area contributed by atoms with Crippen LogP contribution in [0.3, 0.4) is 0 Å². The van der Waals surface area contributed by atoms with Crippen LogP contribution < -0.4 is 0 Å². The Bertz CT molecular complexity index is 404. The van der Waals surface area contributed by atoms with Crippen LogP contribution in [0.4, 0.5) is 0 Å². The van der Waals surface area contributed by atoms with Crippen LogP contribution in [0, 0.1) is 0 Å². The van der Waals surface area contributed by atoms with Gasteiger partial charge in [-0.1, -0.05) is 13.3 Å². The number of nitrogens with zero attached hydrogens (tertiary/aromatic N) is 2. The zero-order valence-electron chi connectivity index (χ0n) is 11.5. The molecule has 1 aromatic rings. The zero-order valence-corrected chi connectivity index (χ0v) is 12.3. The van der Waals surface area contributed by atoms with E-state index < -0.39 is 0 Å². The smallest absolute Gasteiger partial charge is 0.173 e. The first-order valence-electron chi connectivity index (χ1n) is 7.27. The van der Waals surface area contributed by atoms with Gasteiger partial charge in [0.05, 0.1) is 30.0 Å². The molecule has 2 fully saturated rings. The van der Waals surface area contributed by atoms with Gasteiger partial charge in [0, 0.05) is 11.9 Å². The van der Waals surface area contributed by atoms with E-state index in [1.54, 1.807) is 11.3 Å². The van der Waals surface area contributed by atoms with Gasteiger partial charge in [-0.3, -0.25) is 4.90 Å². The summed E-state index contributed by atoms with van der Waals surface area (Å²) in [6.45, 7) is 5.71. The summed E-state index contributed by atoms with van der Waals surface area (Å²) < 4.78 is 11.4. The number of thiazole rings is 1. The average molecular weight is 282 g/mol. The highest BCUT2D eigenvalue weighted by atomic mass is 32.1. The molecule has 0 aromatic carbocycles. The van der Waals surface area contributed by atoms with Crippen molar-refractivity contribution in [2.24, 2.45) is 0 Å². The van der Waals surface area contributed by atoms with Gasteiger partial charge in [-0.05, 0) is 25.8 Å². The minimum Gasteiger partial charge on any atom is -0.349 e. The van der Waals surface area contributed by atoms with Gasteiger partial charge in [0.15, 0.2) is 6.29 Å². The van der Waals surface area contributed by atoms with Crippen molar-refractivity contribution >= 4 is 11.3 Å². The molecule has 106 valence electrons. The van der Waals surface area contributed by atoms with E-state index >= 15 is 0 Å². The topological polar surface area (TPSA) is 34.6 Å². The molecule has 1 unspecified atom stereocenters. The SMILES string of the molecule is CCc1nc(CN2CCCCC2C2OCCO2)cs1. The lowest BCUT2D eigenvalue weighted by atomic mass is 10.0. The van der Waals surface area contributed by atoms with Gasteiger partial charge in [0.2, 0.25) is 0 Å². The highest BCUT2D eigenvalue weighted by Crippen LogP contribution is 2.26. The fraction of sp³-hybridized carbons (Fsp3) is 0.786. The molecule has 3 rings (SSSR count). The van der Waals surface area contributed by atoms with Crippen molar-refractivity contribution in [3.63, 3.8) is 0 Å². The Balaban J connectivity index is 1.65. The summed E-state index contributed by atoms with van der Waals surface area (Å²) in [5, 5.41) is 3.43. The lowest BCUT2D eigenvalue weighted by molar-refractivity contribution is -0.111. The highest BCUT2D eigenvalue weighted by molar-refractivity contribution is 7.09. The van der Waals surface area contributed by atoms with Gasteiger partial charge >= 0.3 is 0 Å². The van der Waals surface area contributed by atoms with Crippen molar-refractivity contribution in [2.75, 3.05) is 19.8 Å². The molecule has 0 saturated carbocycles. The van der Waals surface area contributed by atoms with Crippen molar-refractivity contribution in [2.45, 2.75) is 51.5 Å². The first-order chi connectivity index (χ1) is 9.36. The van der Waals surface area contributed by atoms with Crippen LogP contribution in [-0.4, -0.2) is 42.0 Å². The Morgan fingerprint density at radius 3 is 2.95 bits per heavy atom. The van der Waals surface area contributed by atoms with Crippen molar-refractivity contribution in [1.82, 2.24) is 9.88 Å². The third-order valence-corrected chi connectivity index (χ3v) is 4.93. The number of likely N-dealkylation sites (tertiary alicyclic amines) is 1. The molecule has 4 nitrogen and oxygen atoms in total. The van der Waals surface area contributed by atoms with E-state index in [1.165, 1.54) is 30.0 Å². The molecule has 3 heterocycles. The predicted molar refractivity (Wildman–Crippen MR) is 75.2 cm³/mol. The highest BCUT2D eigenvalue weighted by Gasteiger charge is 2.33. The van der Waals surface area contributed by atoms with E-state index in [9.17, 15) is 0 Å². The largest absolute Gasteiger partial charge is 0.349 e. The first-order valence-corrected chi connectivity index (χ1v) is 8.15. The fourth-order valence-corrected chi connectivity index (χ4v) is 3.65. The summed E-state index contributed by atoms with van der Waals surface area (Å²) in [4.78, 5) is 7.17. The number of aromatic nitrogens is 1. The Morgan fingerprint density at radius 1 is 1.37 bits per heavy atom. The van der Waals surface area contributed by atoms with Crippen LogP contribution in [0.25, 0.3) is 0 Å². The van der Waals surface area contributed by atoms with Crippen LogP contribution >= 0.6 is 11.3 Å². The summed E-state index contributed by atoms with van der Waals surface area (Å²) in [7, 11) is 0. The molecule has 2 aliphatic rings. The maximum Gasteiger partial charge on any atom is 0.173 e. The van der Waals surface area contributed by atoms with E-state index in [2.05, 4.69) is 22.2 Å². The van der Waals surface area contributed by atoms with Gasteiger partial charge in [0.25, 0.3) is 0 Å². The number of hydrogen-bond donors (Lipinski definition) is 0. The third-order valence-electron chi connectivity index (χ3n) is 3.89. The second-order valence-corrected chi connectivity index (χ2v) is 6.17. The molecule has 0 N–H and O–H groups in total. The zero-order chi connectivity index (χ0) is 13.1. The molecular weight excluding hydrogens is 260 g/mol. The summed E-state index contributed by atoms with van der Waals surface area (Å²) in [6, 6.07) is 0.406. The molecule has 1 atom stereocenters. The molecule has 5 heteroatoms. The summed E-state index contributed by atoms with van der Waals surface area (Å²) in [5.41, 5.74) is 1.20. The molecule has 0 aliphatic carbocycles. The Hall–Kier alpha value is -0.490. The minimum atomic E-state index is -0.0235. The number of hydrogen-bond acceptors (Lipinski definition) is 5. The first kappa shape index (κ1) is 13.5. The van der Waals surface area contributed by atoms with Crippen LogP contribution in [0.5, 0.6) is 0 Å². The van der Waals surface area contributed by atoms with E-state index in [1.807, 2.05) is 0 Å². The van der Waals surface area contributed by atoms with Crippen molar-refractivity contribution in [1.29, 1.82) is 0 Å².